The number of benzene rings is 2. The Hall–Kier alpha value is -1.72. The van der Waals surface area contributed by atoms with Gasteiger partial charge in [-0.3, -0.25) is 0 Å². The average Bonchev–Trinajstić information content (AvgIpc) is 3.20. The van der Waals surface area contributed by atoms with Gasteiger partial charge in [0.05, 0.1) is 5.69 Å². The predicted molar refractivity (Wildman–Crippen MR) is 98.4 cm³/mol. The number of aliphatic hydroxyl groups excluding tert-OH is 1. The number of hydrogen-bond acceptors (Lipinski definition) is 4. The van der Waals surface area contributed by atoms with Crippen molar-refractivity contribution in [1.29, 1.82) is 0 Å². The van der Waals surface area contributed by atoms with E-state index in [0.29, 0.717) is 10.0 Å². The number of halogens is 1. The maximum absolute atomic E-state index is 10.5. The van der Waals surface area contributed by atoms with Gasteiger partial charge in [0.25, 0.3) is 0 Å². The Kier molecular flexibility index (Phi) is 3.91. The van der Waals surface area contributed by atoms with Crippen LogP contribution >= 0.6 is 34.3 Å². The van der Waals surface area contributed by atoms with Gasteiger partial charge in [0.15, 0.2) is 0 Å². The first-order valence-electron chi connectivity index (χ1n) is 7.08. The highest BCUT2D eigenvalue weighted by Crippen LogP contribution is 2.36. The van der Waals surface area contributed by atoms with E-state index in [9.17, 15) is 5.11 Å². The Morgan fingerprint density at radius 1 is 1.00 bits per heavy atom. The summed E-state index contributed by atoms with van der Waals surface area (Å²) in [7, 11) is 0. The lowest BCUT2D eigenvalue weighted by Crippen LogP contribution is -1.98. The van der Waals surface area contributed by atoms with Crippen molar-refractivity contribution < 1.29 is 5.11 Å². The molecule has 0 aliphatic heterocycles. The van der Waals surface area contributed by atoms with Gasteiger partial charge in [0.2, 0.25) is 0 Å². The minimum absolute atomic E-state index is 0.613. The van der Waals surface area contributed by atoms with Gasteiger partial charge in [0.1, 0.15) is 11.1 Å². The molecule has 0 saturated heterocycles. The number of thiazole rings is 1. The number of rotatable bonds is 3. The topological polar surface area (TPSA) is 33.1 Å². The van der Waals surface area contributed by atoms with E-state index in [2.05, 4.69) is 22.5 Å². The fourth-order valence-electron chi connectivity index (χ4n) is 2.53. The predicted octanol–water partition coefficient (Wildman–Crippen LogP) is 5.76. The minimum Gasteiger partial charge on any atom is -0.381 e. The summed E-state index contributed by atoms with van der Waals surface area (Å²) in [5, 5.41) is 17.1. The summed E-state index contributed by atoms with van der Waals surface area (Å²) >= 11 is 9.18. The fourth-order valence-corrected chi connectivity index (χ4v) is 4.51. The number of nitrogens with zero attached hydrogens (tertiary/aromatic N) is 1. The van der Waals surface area contributed by atoms with Crippen LogP contribution in [0.15, 0.2) is 59.3 Å². The molecule has 0 amide bonds. The van der Waals surface area contributed by atoms with Gasteiger partial charge in [-0.25, -0.2) is 4.98 Å². The molecule has 5 heteroatoms. The molecule has 2 nitrogen and oxygen atoms in total. The van der Waals surface area contributed by atoms with Crippen molar-refractivity contribution in [3.63, 3.8) is 0 Å². The van der Waals surface area contributed by atoms with Gasteiger partial charge in [0, 0.05) is 31.4 Å². The van der Waals surface area contributed by atoms with Crippen LogP contribution in [-0.2, 0) is 0 Å². The highest BCUT2D eigenvalue weighted by atomic mass is 35.5. The maximum atomic E-state index is 10.5. The molecule has 2 aromatic heterocycles. The first-order chi connectivity index (χ1) is 11.2. The van der Waals surface area contributed by atoms with Crippen molar-refractivity contribution in [2.45, 2.75) is 6.10 Å². The number of aromatic nitrogens is 1. The van der Waals surface area contributed by atoms with Crippen molar-refractivity contribution >= 4 is 44.4 Å². The van der Waals surface area contributed by atoms with Gasteiger partial charge in [-0.1, -0.05) is 41.9 Å². The normalized spacial score (nSPS) is 12.6. The van der Waals surface area contributed by atoms with Gasteiger partial charge in [-0.2, -0.15) is 0 Å². The molecule has 1 atom stereocenters. The zero-order chi connectivity index (χ0) is 15.8. The summed E-state index contributed by atoms with van der Waals surface area (Å²) in [6, 6.07) is 15.5. The van der Waals surface area contributed by atoms with E-state index in [1.807, 2.05) is 29.6 Å². The van der Waals surface area contributed by atoms with E-state index in [0.717, 1.165) is 16.8 Å². The standard InChI is InChI=1S/C18H12ClNOS2/c19-12-5-3-4-11(8-12)17(21)18-20-15(10-23-18)14-9-22-16-7-2-1-6-13(14)16/h1-10,17,21H. The molecule has 0 radical (unpaired) electrons. The number of aliphatic hydroxyl groups is 1. The molecule has 4 aromatic rings. The summed E-state index contributed by atoms with van der Waals surface area (Å²) in [6.45, 7) is 0. The zero-order valence-electron chi connectivity index (χ0n) is 11.9. The Bertz CT molecular complexity index is 976. The van der Waals surface area contributed by atoms with Crippen LogP contribution in [0.25, 0.3) is 21.3 Å². The Morgan fingerprint density at radius 3 is 2.74 bits per heavy atom. The van der Waals surface area contributed by atoms with Crippen LogP contribution in [0, 0.1) is 0 Å². The molecule has 0 aliphatic carbocycles. The zero-order valence-corrected chi connectivity index (χ0v) is 14.3. The first kappa shape index (κ1) is 14.8. The number of hydrogen-bond donors (Lipinski definition) is 1. The van der Waals surface area contributed by atoms with Gasteiger partial charge in [-0.15, -0.1) is 22.7 Å². The molecule has 1 unspecified atom stereocenters. The van der Waals surface area contributed by atoms with Crippen molar-refractivity contribution in [2.75, 3.05) is 0 Å². The van der Waals surface area contributed by atoms with E-state index in [1.54, 1.807) is 23.5 Å². The van der Waals surface area contributed by atoms with Gasteiger partial charge < -0.3 is 5.11 Å². The van der Waals surface area contributed by atoms with E-state index in [-0.39, 0.29) is 0 Å². The molecule has 2 aromatic carbocycles. The molecule has 23 heavy (non-hydrogen) atoms. The molecule has 114 valence electrons. The highest BCUT2D eigenvalue weighted by molar-refractivity contribution is 7.17. The Morgan fingerprint density at radius 2 is 1.87 bits per heavy atom. The van der Waals surface area contributed by atoms with Crippen molar-refractivity contribution in [3.8, 4) is 11.3 Å². The SMILES string of the molecule is OC(c1cccc(Cl)c1)c1nc(-c2csc3ccccc23)cs1. The van der Waals surface area contributed by atoms with E-state index in [4.69, 9.17) is 11.6 Å². The third kappa shape index (κ3) is 2.79. The quantitative estimate of drug-likeness (QED) is 0.505. The molecule has 0 saturated carbocycles. The summed E-state index contributed by atoms with van der Waals surface area (Å²) in [5.74, 6) is 0. The molecule has 2 heterocycles. The smallest absolute Gasteiger partial charge is 0.131 e. The van der Waals surface area contributed by atoms with Crippen molar-refractivity contribution in [2.24, 2.45) is 0 Å². The Balaban J connectivity index is 1.72. The van der Waals surface area contributed by atoms with E-state index < -0.39 is 6.10 Å². The largest absolute Gasteiger partial charge is 0.381 e. The molecule has 0 fully saturated rings. The number of thiophene rings is 1. The van der Waals surface area contributed by atoms with Crippen molar-refractivity contribution in [3.05, 3.63) is 74.9 Å². The molecular formula is C18H12ClNOS2. The van der Waals surface area contributed by atoms with Crippen LogP contribution < -0.4 is 0 Å². The van der Waals surface area contributed by atoms with Crippen LogP contribution in [-0.4, -0.2) is 10.1 Å². The second-order valence-electron chi connectivity index (χ2n) is 5.17. The Labute approximate surface area is 146 Å². The maximum Gasteiger partial charge on any atom is 0.131 e. The molecule has 0 spiro atoms. The van der Waals surface area contributed by atoms with Gasteiger partial charge in [-0.05, 0) is 23.8 Å². The summed E-state index contributed by atoms with van der Waals surface area (Å²) < 4.78 is 1.24. The summed E-state index contributed by atoms with van der Waals surface area (Å²) in [6.07, 6.45) is -0.752. The minimum atomic E-state index is -0.752. The van der Waals surface area contributed by atoms with Crippen LogP contribution in [0.2, 0.25) is 5.02 Å². The number of fused-ring (bicyclic) bond motifs is 1. The molecule has 1 N–H and O–H groups in total. The van der Waals surface area contributed by atoms with Crippen LogP contribution in [0.4, 0.5) is 0 Å². The lowest BCUT2D eigenvalue weighted by atomic mass is 10.1. The second kappa shape index (κ2) is 6.06. The molecule has 0 aliphatic rings. The van der Waals surface area contributed by atoms with Crippen LogP contribution in [0.3, 0.4) is 0 Å². The highest BCUT2D eigenvalue weighted by Gasteiger charge is 2.17. The fraction of sp³-hybridized carbons (Fsp3) is 0.0556. The lowest BCUT2D eigenvalue weighted by molar-refractivity contribution is 0.220. The molecular weight excluding hydrogens is 346 g/mol. The third-order valence-corrected chi connectivity index (χ3v) is 5.77. The van der Waals surface area contributed by atoms with E-state index >= 15 is 0 Å². The second-order valence-corrected chi connectivity index (χ2v) is 7.41. The van der Waals surface area contributed by atoms with E-state index in [1.165, 1.54) is 21.4 Å². The summed E-state index contributed by atoms with van der Waals surface area (Å²) in [4.78, 5) is 4.64. The third-order valence-electron chi connectivity index (χ3n) is 3.68. The first-order valence-corrected chi connectivity index (χ1v) is 9.21. The summed E-state index contributed by atoms with van der Waals surface area (Å²) in [5.41, 5.74) is 2.78. The van der Waals surface area contributed by atoms with Crippen molar-refractivity contribution in [1.82, 2.24) is 4.98 Å². The van der Waals surface area contributed by atoms with Crippen LogP contribution in [0.1, 0.15) is 16.7 Å². The van der Waals surface area contributed by atoms with Gasteiger partial charge >= 0.3 is 0 Å². The molecule has 4 rings (SSSR count). The lowest BCUT2D eigenvalue weighted by Gasteiger charge is -2.07. The molecule has 0 bridgehead atoms. The average molecular weight is 358 g/mol. The van der Waals surface area contributed by atoms with Crippen LogP contribution in [0.5, 0.6) is 0 Å². The monoisotopic (exact) mass is 357 g/mol.